The zero-order chi connectivity index (χ0) is 7.45. The number of rotatable bonds is 2. The molecule has 0 saturated carbocycles. The van der Waals surface area contributed by atoms with Crippen molar-refractivity contribution in [1.82, 2.24) is 0 Å². The van der Waals surface area contributed by atoms with E-state index in [4.69, 9.17) is 0 Å². The van der Waals surface area contributed by atoms with Gasteiger partial charge in [0.05, 0.1) is 6.61 Å². The summed E-state index contributed by atoms with van der Waals surface area (Å²) in [6.45, 7) is 0.408. The van der Waals surface area contributed by atoms with Crippen LogP contribution in [-0.4, -0.2) is 24.8 Å². The third-order valence-electron chi connectivity index (χ3n) is 1.29. The summed E-state index contributed by atoms with van der Waals surface area (Å²) >= 11 is 0. The van der Waals surface area contributed by atoms with Gasteiger partial charge in [0, 0.05) is 0 Å². The molecule has 0 N–H and O–H groups in total. The minimum atomic E-state index is -1.57. The Morgan fingerprint density at radius 3 is 2.30 bits per heavy atom. The molecule has 1 aliphatic heterocycles. The molecule has 0 atom stereocenters. The monoisotopic (exact) mass is 142 g/mol. The first-order valence-corrected chi connectivity index (χ1v) is 2.92. The second-order valence-corrected chi connectivity index (χ2v) is 2.04. The predicted molar refractivity (Wildman–Crippen MR) is 30.4 cm³/mol. The van der Waals surface area contributed by atoms with Crippen LogP contribution in [-0.2, 0) is 19.4 Å². The van der Waals surface area contributed by atoms with Gasteiger partial charge in [0.15, 0.2) is 0 Å². The molecule has 1 aliphatic rings. The maximum absolute atomic E-state index is 10.1. The minimum Gasteiger partial charge on any atom is -0.287 e. The lowest BCUT2D eigenvalue weighted by atomic mass is 10.0. The molecule has 0 aromatic carbocycles. The minimum absolute atomic E-state index is 0.306. The lowest BCUT2D eigenvalue weighted by molar-refractivity contribution is -0.345. The average molecular weight is 142 g/mol. The van der Waals surface area contributed by atoms with Crippen molar-refractivity contribution >= 4 is 12.6 Å². The van der Waals surface area contributed by atoms with Gasteiger partial charge in [0.2, 0.25) is 18.2 Å². The highest BCUT2D eigenvalue weighted by Crippen LogP contribution is 2.18. The van der Waals surface area contributed by atoms with Crippen LogP contribution in [0.4, 0.5) is 0 Å². The molecule has 1 saturated heterocycles. The zero-order valence-electron chi connectivity index (χ0n) is 5.25. The van der Waals surface area contributed by atoms with Gasteiger partial charge < -0.3 is 0 Å². The lowest BCUT2D eigenvalue weighted by Gasteiger charge is -2.22. The summed E-state index contributed by atoms with van der Waals surface area (Å²) in [4.78, 5) is 29.1. The Labute approximate surface area is 58.0 Å². The summed E-state index contributed by atoms with van der Waals surface area (Å²) in [5.74, 6) is 0. The molecular formula is C6H6O4. The van der Waals surface area contributed by atoms with E-state index in [1.165, 1.54) is 12.6 Å². The first-order valence-electron chi connectivity index (χ1n) is 2.92. The van der Waals surface area contributed by atoms with Gasteiger partial charge in [-0.1, -0.05) is 0 Å². The quantitative estimate of drug-likeness (QED) is 0.392. The molecule has 1 heterocycles. The molecule has 0 aliphatic carbocycles. The Morgan fingerprint density at radius 1 is 1.30 bits per heavy atom. The standard InChI is InChI=1S/C6H6O4/c7-4-6(5-8)2-1-3-9-10-6/h1-3H2. The van der Waals surface area contributed by atoms with E-state index in [0.29, 0.717) is 19.4 Å². The molecule has 0 spiro atoms. The molecule has 1 rings (SSSR count). The van der Waals surface area contributed by atoms with Crippen molar-refractivity contribution in [2.45, 2.75) is 18.4 Å². The molecule has 0 aromatic rings. The summed E-state index contributed by atoms with van der Waals surface area (Å²) in [6.07, 6.45) is 3.81. The molecule has 2 radical (unpaired) electrons. The van der Waals surface area contributed by atoms with E-state index in [1.54, 1.807) is 0 Å². The SMILES string of the molecule is O=[C]C1([C]=O)CCCOO1. The Hall–Kier alpha value is -0.740. The van der Waals surface area contributed by atoms with Crippen molar-refractivity contribution in [2.24, 2.45) is 0 Å². The molecular weight excluding hydrogens is 136 g/mol. The first kappa shape index (κ1) is 7.37. The van der Waals surface area contributed by atoms with Crippen molar-refractivity contribution in [2.75, 3.05) is 6.61 Å². The lowest BCUT2D eigenvalue weighted by Crippen LogP contribution is -2.39. The van der Waals surface area contributed by atoms with E-state index in [0.717, 1.165) is 0 Å². The van der Waals surface area contributed by atoms with Gasteiger partial charge in [-0.25, -0.2) is 9.78 Å². The average Bonchev–Trinajstić information content (AvgIpc) is 2.06. The fourth-order valence-electron chi connectivity index (χ4n) is 0.721. The topological polar surface area (TPSA) is 52.6 Å². The summed E-state index contributed by atoms with van der Waals surface area (Å²) in [7, 11) is 0. The summed E-state index contributed by atoms with van der Waals surface area (Å²) in [5, 5.41) is 0. The maximum Gasteiger partial charge on any atom is 0.245 e. The number of carbonyl (C=O) groups excluding carboxylic acids is 2. The predicted octanol–water partition coefficient (Wildman–Crippen LogP) is -0.313. The fourth-order valence-corrected chi connectivity index (χ4v) is 0.721. The smallest absolute Gasteiger partial charge is 0.245 e. The van der Waals surface area contributed by atoms with Crippen LogP contribution in [0.1, 0.15) is 12.8 Å². The Morgan fingerprint density at radius 2 is 2.00 bits per heavy atom. The first-order chi connectivity index (χ1) is 4.83. The summed E-state index contributed by atoms with van der Waals surface area (Å²) in [6, 6.07) is 0. The molecule has 0 amide bonds. The highest BCUT2D eigenvalue weighted by molar-refractivity contribution is 5.88. The van der Waals surface area contributed by atoms with Crippen LogP contribution in [0, 0.1) is 0 Å². The van der Waals surface area contributed by atoms with E-state index in [-0.39, 0.29) is 0 Å². The normalized spacial score (nSPS) is 23.6. The zero-order valence-corrected chi connectivity index (χ0v) is 5.25. The molecule has 0 unspecified atom stereocenters. The van der Waals surface area contributed by atoms with Gasteiger partial charge in [-0.3, -0.25) is 9.59 Å². The van der Waals surface area contributed by atoms with Crippen molar-refractivity contribution < 1.29 is 19.4 Å². The highest BCUT2D eigenvalue weighted by atomic mass is 17.2. The molecule has 54 valence electrons. The van der Waals surface area contributed by atoms with Crippen LogP contribution < -0.4 is 0 Å². The van der Waals surface area contributed by atoms with Gasteiger partial charge in [-0.05, 0) is 12.8 Å². The van der Waals surface area contributed by atoms with E-state index in [1.807, 2.05) is 0 Å². The molecule has 0 aromatic heterocycles. The molecule has 4 heteroatoms. The number of hydrogen-bond donors (Lipinski definition) is 0. The Bertz CT molecular complexity index is 127. The van der Waals surface area contributed by atoms with Crippen molar-refractivity contribution in [3.8, 4) is 0 Å². The van der Waals surface area contributed by atoms with Gasteiger partial charge >= 0.3 is 0 Å². The Balaban J connectivity index is 2.60. The van der Waals surface area contributed by atoms with Crippen LogP contribution in [0.25, 0.3) is 0 Å². The van der Waals surface area contributed by atoms with Gasteiger partial charge in [0.1, 0.15) is 0 Å². The van der Waals surface area contributed by atoms with E-state index in [9.17, 15) is 9.59 Å². The second kappa shape index (κ2) is 2.90. The molecule has 0 bridgehead atoms. The van der Waals surface area contributed by atoms with Crippen molar-refractivity contribution in [1.29, 1.82) is 0 Å². The van der Waals surface area contributed by atoms with Crippen LogP contribution in [0.2, 0.25) is 0 Å². The highest BCUT2D eigenvalue weighted by Gasteiger charge is 2.37. The molecule has 10 heavy (non-hydrogen) atoms. The third-order valence-corrected chi connectivity index (χ3v) is 1.29. The van der Waals surface area contributed by atoms with E-state index < -0.39 is 5.60 Å². The van der Waals surface area contributed by atoms with Crippen LogP contribution in [0.15, 0.2) is 0 Å². The Kier molecular flexibility index (Phi) is 2.13. The second-order valence-electron chi connectivity index (χ2n) is 2.04. The van der Waals surface area contributed by atoms with Gasteiger partial charge in [-0.15, -0.1) is 0 Å². The van der Waals surface area contributed by atoms with E-state index >= 15 is 0 Å². The maximum atomic E-state index is 10.1. The van der Waals surface area contributed by atoms with Crippen LogP contribution in [0.3, 0.4) is 0 Å². The van der Waals surface area contributed by atoms with Crippen molar-refractivity contribution in [3.63, 3.8) is 0 Å². The largest absolute Gasteiger partial charge is 0.287 e. The van der Waals surface area contributed by atoms with Crippen molar-refractivity contribution in [3.05, 3.63) is 0 Å². The van der Waals surface area contributed by atoms with E-state index in [2.05, 4.69) is 9.78 Å². The third kappa shape index (κ3) is 1.22. The summed E-state index contributed by atoms with van der Waals surface area (Å²) in [5.41, 5.74) is -1.57. The summed E-state index contributed by atoms with van der Waals surface area (Å²) < 4.78 is 0. The fraction of sp³-hybridized carbons (Fsp3) is 0.667. The van der Waals surface area contributed by atoms with Gasteiger partial charge in [-0.2, -0.15) is 0 Å². The van der Waals surface area contributed by atoms with Crippen LogP contribution >= 0.6 is 0 Å². The van der Waals surface area contributed by atoms with Gasteiger partial charge in [0.25, 0.3) is 0 Å². The number of hydrogen-bond acceptors (Lipinski definition) is 4. The molecule has 1 fully saturated rings. The van der Waals surface area contributed by atoms with Crippen LogP contribution in [0.5, 0.6) is 0 Å². The molecule has 4 nitrogen and oxygen atoms in total.